The van der Waals surface area contributed by atoms with Crippen molar-refractivity contribution in [3.63, 3.8) is 0 Å². The molecule has 2 rings (SSSR count). The lowest BCUT2D eigenvalue weighted by atomic mass is 9.95. The minimum Gasteiger partial charge on any atom is -0.313 e. The summed E-state index contributed by atoms with van der Waals surface area (Å²) >= 11 is 5.92. The molecule has 0 spiro atoms. The normalized spacial score (nSPS) is 12.4. The number of likely N-dealkylation sites (N-methyl/N-ethyl adjacent to an activating group) is 1. The average molecular weight is 275 g/mol. The van der Waals surface area contributed by atoms with Gasteiger partial charge in [-0.2, -0.15) is 0 Å². The third-order valence-electron chi connectivity index (χ3n) is 3.40. The maximum atomic E-state index is 5.92. The lowest BCUT2D eigenvalue weighted by molar-refractivity contribution is 0.586. The van der Waals surface area contributed by atoms with Crippen molar-refractivity contribution in [2.75, 3.05) is 7.05 Å². The first-order valence-corrected chi connectivity index (χ1v) is 6.97. The van der Waals surface area contributed by atoms with E-state index in [0.717, 1.165) is 17.9 Å². The Hall–Kier alpha value is -1.38. The zero-order valence-electron chi connectivity index (χ0n) is 11.4. The maximum Gasteiger partial charge on any atom is 0.0406 e. The highest BCUT2D eigenvalue weighted by Gasteiger charge is 2.13. The summed E-state index contributed by atoms with van der Waals surface area (Å²) in [5, 5.41) is 4.18. The molecule has 0 bridgehead atoms. The van der Waals surface area contributed by atoms with Crippen LogP contribution in [-0.2, 0) is 12.8 Å². The van der Waals surface area contributed by atoms with Crippen LogP contribution in [0, 0.1) is 0 Å². The van der Waals surface area contributed by atoms with Crippen molar-refractivity contribution >= 4 is 11.6 Å². The van der Waals surface area contributed by atoms with Crippen LogP contribution in [0.4, 0.5) is 0 Å². The summed E-state index contributed by atoms with van der Waals surface area (Å²) in [5.74, 6) is 0. The lowest BCUT2D eigenvalue weighted by Crippen LogP contribution is -2.20. The molecule has 2 nitrogen and oxygen atoms in total. The Balaban J connectivity index is 2.22. The molecule has 1 unspecified atom stereocenters. The molecular weight excluding hydrogens is 256 g/mol. The number of hydrogen-bond acceptors (Lipinski definition) is 2. The van der Waals surface area contributed by atoms with E-state index in [1.54, 1.807) is 0 Å². The third kappa shape index (κ3) is 3.55. The topological polar surface area (TPSA) is 24.9 Å². The average Bonchev–Trinajstić information content (AvgIpc) is 2.46. The SMILES string of the molecule is CCc1cnccc1C(Cc1ccc(Cl)cc1)NC. The molecule has 3 heteroatoms. The number of nitrogens with one attached hydrogen (secondary N) is 1. The van der Waals surface area contributed by atoms with Gasteiger partial charge in [0.1, 0.15) is 0 Å². The van der Waals surface area contributed by atoms with Gasteiger partial charge >= 0.3 is 0 Å². The summed E-state index contributed by atoms with van der Waals surface area (Å²) in [7, 11) is 2.00. The summed E-state index contributed by atoms with van der Waals surface area (Å²) < 4.78 is 0. The smallest absolute Gasteiger partial charge is 0.0406 e. The van der Waals surface area contributed by atoms with E-state index >= 15 is 0 Å². The van der Waals surface area contributed by atoms with E-state index < -0.39 is 0 Å². The first-order chi connectivity index (χ1) is 9.24. The quantitative estimate of drug-likeness (QED) is 0.897. The zero-order chi connectivity index (χ0) is 13.7. The van der Waals surface area contributed by atoms with Gasteiger partial charge in [-0.1, -0.05) is 30.7 Å². The van der Waals surface area contributed by atoms with Gasteiger partial charge < -0.3 is 5.32 Å². The van der Waals surface area contributed by atoms with Gasteiger partial charge in [-0.25, -0.2) is 0 Å². The van der Waals surface area contributed by atoms with Crippen LogP contribution < -0.4 is 5.32 Å². The van der Waals surface area contributed by atoms with E-state index in [1.807, 2.05) is 31.6 Å². The number of aryl methyl sites for hydroxylation is 1. The van der Waals surface area contributed by atoms with Gasteiger partial charge in [0.25, 0.3) is 0 Å². The molecule has 0 aliphatic rings. The fraction of sp³-hybridized carbons (Fsp3) is 0.312. The van der Waals surface area contributed by atoms with Crippen LogP contribution in [0.25, 0.3) is 0 Å². The number of rotatable bonds is 5. The van der Waals surface area contributed by atoms with Gasteiger partial charge in [0.05, 0.1) is 0 Å². The van der Waals surface area contributed by atoms with E-state index in [9.17, 15) is 0 Å². The largest absolute Gasteiger partial charge is 0.313 e. The van der Waals surface area contributed by atoms with E-state index in [1.165, 1.54) is 16.7 Å². The summed E-state index contributed by atoms with van der Waals surface area (Å²) in [6.07, 6.45) is 5.77. The van der Waals surface area contributed by atoms with Gasteiger partial charge in [-0.05, 0) is 54.8 Å². The number of benzene rings is 1. The second-order valence-corrected chi connectivity index (χ2v) is 5.04. The van der Waals surface area contributed by atoms with Crippen LogP contribution >= 0.6 is 11.6 Å². The second-order valence-electron chi connectivity index (χ2n) is 4.60. The molecule has 0 saturated carbocycles. The van der Waals surface area contributed by atoms with Gasteiger partial charge in [-0.3, -0.25) is 4.98 Å². The summed E-state index contributed by atoms with van der Waals surface area (Å²) in [6, 6.07) is 10.5. The predicted octanol–water partition coefficient (Wildman–Crippen LogP) is 3.80. The summed E-state index contributed by atoms with van der Waals surface area (Å²) in [4.78, 5) is 4.21. The Morgan fingerprint density at radius 1 is 1.21 bits per heavy atom. The number of halogens is 1. The molecular formula is C16H19ClN2. The Morgan fingerprint density at radius 2 is 1.95 bits per heavy atom. The Labute approximate surface area is 119 Å². The van der Waals surface area contributed by atoms with Crippen molar-refractivity contribution in [3.05, 3.63) is 64.4 Å². The Kier molecular flexibility index (Phi) is 4.94. The van der Waals surface area contributed by atoms with Crippen LogP contribution in [0.2, 0.25) is 5.02 Å². The van der Waals surface area contributed by atoms with E-state index in [4.69, 9.17) is 11.6 Å². The fourth-order valence-corrected chi connectivity index (χ4v) is 2.42. The highest BCUT2D eigenvalue weighted by Crippen LogP contribution is 2.22. The van der Waals surface area contributed by atoms with Crippen molar-refractivity contribution in [1.82, 2.24) is 10.3 Å². The first-order valence-electron chi connectivity index (χ1n) is 6.59. The first kappa shape index (κ1) is 14.0. The molecule has 1 aromatic carbocycles. The van der Waals surface area contributed by atoms with Gasteiger partial charge in [0.15, 0.2) is 0 Å². The molecule has 0 aliphatic carbocycles. The molecule has 1 aromatic heterocycles. The van der Waals surface area contributed by atoms with E-state index in [-0.39, 0.29) is 0 Å². The summed E-state index contributed by atoms with van der Waals surface area (Å²) in [6.45, 7) is 2.16. The third-order valence-corrected chi connectivity index (χ3v) is 3.65. The highest BCUT2D eigenvalue weighted by atomic mass is 35.5. The van der Waals surface area contributed by atoms with Gasteiger partial charge in [-0.15, -0.1) is 0 Å². The Bertz CT molecular complexity index is 523. The number of pyridine rings is 1. The summed E-state index contributed by atoms with van der Waals surface area (Å²) in [5.41, 5.74) is 3.91. The van der Waals surface area contributed by atoms with Gasteiger partial charge in [0, 0.05) is 23.5 Å². The van der Waals surface area contributed by atoms with Crippen LogP contribution in [0.1, 0.15) is 29.7 Å². The number of aromatic nitrogens is 1. The predicted molar refractivity (Wildman–Crippen MR) is 80.6 cm³/mol. The van der Waals surface area contributed by atoms with Crippen molar-refractivity contribution in [3.8, 4) is 0 Å². The lowest BCUT2D eigenvalue weighted by Gasteiger charge is -2.19. The minimum absolute atomic E-state index is 0.305. The monoisotopic (exact) mass is 274 g/mol. The molecule has 0 radical (unpaired) electrons. The van der Waals surface area contributed by atoms with Crippen molar-refractivity contribution in [2.45, 2.75) is 25.8 Å². The van der Waals surface area contributed by atoms with Crippen molar-refractivity contribution < 1.29 is 0 Å². The molecule has 0 aliphatic heterocycles. The fourth-order valence-electron chi connectivity index (χ4n) is 2.30. The standard InChI is InChI=1S/C16H19ClN2/c1-3-13-11-19-9-8-15(13)16(18-2)10-12-4-6-14(17)7-5-12/h4-9,11,16,18H,3,10H2,1-2H3. The Morgan fingerprint density at radius 3 is 2.58 bits per heavy atom. The number of hydrogen-bond donors (Lipinski definition) is 1. The molecule has 1 heterocycles. The van der Waals surface area contributed by atoms with Gasteiger partial charge in [0.2, 0.25) is 0 Å². The van der Waals surface area contributed by atoms with Crippen molar-refractivity contribution in [1.29, 1.82) is 0 Å². The molecule has 2 aromatic rings. The second kappa shape index (κ2) is 6.69. The van der Waals surface area contributed by atoms with Crippen LogP contribution in [0.5, 0.6) is 0 Å². The molecule has 100 valence electrons. The van der Waals surface area contributed by atoms with E-state index in [2.05, 4.69) is 35.4 Å². The van der Waals surface area contributed by atoms with Crippen molar-refractivity contribution in [2.24, 2.45) is 0 Å². The van der Waals surface area contributed by atoms with Crippen LogP contribution in [-0.4, -0.2) is 12.0 Å². The van der Waals surface area contributed by atoms with Crippen LogP contribution in [0.3, 0.4) is 0 Å². The number of nitrogens with zero attached hydrogens (tertiary/aromatic N) is 1. The van der Waals surface area contributed by atoms with Crippen LogP contribution in [0.15, 0.2) is 42.7 Å². The highest BCUT2D eigenvalue weighted by molar-refractivity contribution is 6.30. The molecule has 0 saturated heterocycles. The minimum atomic E-state index is 0.305. The zero-order valence-corrected chi connectivity index (χ0v) is 12.1. The molecule has 1 N–H and O–H groups in total. The molecule has 19 heavy (non-hydrogen) atoms. The molecule has 0 fully saturated rings. The molecule has 0 amide bonds. The maximum absolute atomic E-state index is 5.92. The van der Waals surface area contributed by atoms with E-state index in [0.29, 0.717) is 6.04 Å². The molecule has 1 atom stereocenters.